The van der Waals surface area contributed by atoms with Gasteiger partial charge in [-0.2, -0.15) is 0 Å². The van der Waals surface area contributed by atoms with Crippen LogP contribution in [0.4, 0.5) is 18.9 Å². The second-order valence-electron chi connectivity index (χ2n) is 6.04. The van der Waals surface area contributed by atoms with Gasteiger partial charge in [0, 0.05) is 18.2 Å². The van der Waals surface area contributed by atoms with Crippen LogP contribution in [0.2, 0.25) is 0 Å². The third-order valence-electron chi connectivity index (χ3n) is 4.14. The summed E-state index contributed by atoms with van der Waals surface area (Å²) in [5, 5.41) is 9.56. The average Bonchev–Trinajstić information content (AvgIpc) is 2.52. The molecule has 1 N–H and O–H groups in total. The van der Waals surface area contributed by atoms with E-state index >= 15 is 0 Å². The van der Waals surface area contributed by atoms with E-state index in [-0.39, 0.29) is 23.7 Å². The van der Waals surface area contributed by atoms with Gasteiger partial charge in [-0.25, -0.2) is 0 Å². The number of halogens is 3. The van der Waals surface area contributed by atoms with E-state index in [4.69, 9.17) is 0 Å². The molecule has 0 aliphatic heterocycles. The second kappa shape index (κ2) is 7.88. The highest BCUT2D eigenvalue weighted by molar-refractivity contribution is 5.95. The van der Waals surface area contributed by atoms with Crippen LogP contribution in [0.25, 0.3) is 0 Å². The largest absolute Gasteiger partial charge is 0.573 e. The Hall–Kier alpha value is -1.76. The summed E-state index contributed by atoms with van der Waals surface area (Å²) in [7, 11) is 0. The number of carbonyl (C=O) groups excluding carboxylic acids is 1. The predicted molar refractivity (Wildman–Crippen MR) is 83.7 cm³/mol. The van der Waals surface area contributed by atoms with Crippen LogP contribution in [-0.2, 0) is 4.79 Å². The lowest BCUT2D eigenvalue weighted by atomic mass is 9.86. The second-order valence-corrected chi connectivity index (χ2v) is 6.04. The van der Waals surface area contributed by atoms with E-state index in [1.54, 1.807) is 4.90 Å². The number of amides is 1. The number of aliphatic hydroxyl groups is 1. The molecule has 1 saturated carbocycles. The molecule has 0 bridgehead atoms. The van der Waals surface area contributed by atoms with Crippen LogP contribution < -0.4 is 9.64 Å². The molecule has 1 amide bonds. The molecule has 2 rings (SSSR count). The van der Waals surface area contributed by atoms with Crippen LogP contribution in [0.1, 0.15) is 39.0 Å². The first-order valence-electron chi connectivity index (χ1n) is 8.15. The molecule has 0 saturated heterocycles. The first-order chi connectivity index (χ1) is 11.3. The van der Waals surface area contributed by atoms with Gasteiger partial charge in [-0.3, -0.25) is 4.79 Å². The van der Waals surface area contributed by atoms with Gasteiger partial charge in [-0.05, 0) is 56.4 Å². The minimum absolute atomic E-state index is 0.0340. The zero-order valence-electron chi connectivity index (χ0n) is 13.6. The third-order valence-corrected chi connectivity index (χ3v) is 4.14. The van der Waals surface area contributed by atoms with E-state index in [0.29, 0.717) is 37.9 Å². The number of alkyl halides is 3. The monoisotopic (exact) mass is 345 g/mol. The minimum atomic E-state index is -4.73. The molecular weight excluding hydrogens is 323 g/mol. The highest BCUT2D eigenvalue weighted by Crippen LogP contribution is 2.30. The smallest absolute Gasteiger partial charge is 0.406 e. The average molecular weight is 345 g/mol. The van der Waals surface area contributed by atoms with Crippen molar-refractivity contribution in [3.63, 3.8) is 0 Å². The van der Waals surface area contributed by atoms with Crippen molar-refractivity contribution in [2.24, 2.45) is 5.92 Å². The number of carbonyl (C=O) groups is 1. The fraction of sp³-hybridized carbons (Fsp3) is 0.588. The van der Waals surface area contributed by atoms with Crippen LogP contribution >= 0.6 is 0 Å². The van der Waals surface area contributed by atoms with Crippen molar-refractivity contribution in [2.45, 2.75) is 51.5 Å². The van der Waals surface area contributed by atoms with Crippen molar-refractivity contribution in [3.8, 4) is 5.75 Å². The van der Waals surface area contributed by atoms with Crippen molar-refractivity contribution >= 4 is 11.6 Å². The lowest BCUT2D eigenvalue weighted by Gasteiger charge is -2.30. The van der Waals surface area contributed by atoms with Gasteiger partial charge in [0.15, 0.2) is 0 Å². The fourth-order valence-electron chi connectivity index (χ4n) is 2.96. The molecule has 0 heterocycles. The number of anilines is 1. The zero-order chi connectivity index (χ0) is 17.7. The maximum atomic E-state index is 12.7. The molecule has 1 aliphatic rings. The van der Waals surface area contributed by atoms with E-state index in [1.165, 1.54) is 24.3 Å². The minimum Gasteiger partial charge on any atom is -0.406 e. The van der Waals surface area contributed by atoms with E-state index in [0.717, 1.165) is 6.42 Å². The number of rotatable bonds is 5. The highest BCUT2D eigenvalue weighted by Gasteiger charge is 2.32. The SMILES string of the molecule is CCCN(C(=O)C1CCC(O)CC1)c1ccc(OC(F)(F)F)cc1. The van der Waals surface area contributed by atoms with Gasteiger partial charge in [-0.1, -0.05) is 6.92 Å². The fourth-order valence-corrected chi connectivity index (χ4v) is 2.96. The summed E-state index contributed by atoms with van der Waals surface area (Å²) >= 11 is 0. The Morgan fingerprint density at radius 3 is 2.29 bits per heavy atom. The molecular formula is C17H22F3NO3. The molecule has 24 heavy (non-hydrogen) atoms. The van der Waals surface area contributed by atoms with Gasteiger partial charge < -0.3 is 14.7 Å². The molecule has 1 aromatic carbocycles. The lowest BCUT2D eigenvalue weighted by molar-refractivity contribution is -0.274. The first kappa shape index (κ1) is 18.6. The van der Waals surface area contributed by atoms with Gasteiger partial charge in [0.2, 0.25) is 5.91 Å². The number of benzene rings is 1. The molecule has 0 aromatic heterocycles. The summed E-state index contributed by atoms with van der Waals surface area (Å²) in [6.07, 6.45) is -1.85. The number of hydrogen-bond acceptors (Lipinski definition) is 3. The maximum absolute atomic E-state index is 12.7. The third kappa shape index (κ3) is 5.12. The number of nitrogens with zero attached hydrogens (tertiary/aromatic N) is 1. The Morgan fingerprint density at radius 1 is 1.21 bits per heavy atom. The number of ether oxygens (including phenoxy) is 1. The van der Waals surface area contributed by atoms with Crippen molar-refractivity contribution in [1.29, 1.82) is 0 Å². The molecule has 1 aromatic rings. The van der Waals surface area contributed by atoms with Crippen LogP contribution in [0.3, 0.4) is 0 Å². The molecule has 134 valence electrons. The van der Waals surface area contributed by atoms with Crippen LogP contribution in [0, 0.1) is 5.92 Å². The van der Waals surface area contributed by atoms with Gasteiger partial charge in [-0.15, -0.1) is 13.2 Å². The maximum Gasteiger partial charge on any atom is 0.573 e. The zero-order valence-corrected chi connectivity index (χ0v) is 13.6. The normalized spacial score (nSPS) is 21.4. The Bertz CT molecular complexity index is 537. The van der Waals surface area contributed by atoms with Crippen molar-refractivity contribution in [2.75, 3.05) is 11.4 Å². The summed E-state index contributed by atoms with van der Waals surface area (Å²) < 4.78 is 40.5. The molecule has 0 spiro atoms. The molecule has 4 nitrogen and oxygen atoms in total. The quantitative estimate of drug-likeness (QED) is 0.881. The van der Waals surface area contributed by atoms with E-state index in [2.05, 4.69) is 4.74 Å². The van der Waals surface area contributed by atoms with Crippen molar-refractivity contribution in [3.05, 3.63) is 24.3 Å². The van der Waals surface area contributed by atoms with Crippen molar-refractivity contribution in [1.82, 2.24) is 0 Å². The summed E-state index contributed by atoms with van der Waals surface area (Å²) in [6.45, 7) is 2.43. The summed E-state index contributed by atoms with van der Waals surface area (Å²) in [6, 6.07) is 5.35. The summed E-state index contributed by atoms with van der Waals surface area (Å²) in [5.74, 6) is -0.491. The summed E-state index contributed by atoms with van der Waals surface area (Å²) in [5.41, 5.74) is 0.558. The Labute approximate surface area is 139 Å². The molecule has 1 aliphatic carbocycles. The standard InChI is InChI=1S/C17H22F3NO3/c1-2-11-21(16(23)12-3-7-14(22)8-4-12)13-5-9-15(10-6-13)24-17(18,19)20/h5-6,9-10,12,14,22H,2-4,7-8,11H2,1H3. The first-order valence-corrected chi connectivity index (χ1v) is 8.15. The van der Waals surface area contributed by atoms with Crippen LogP contribution in [-0.4, -0.2) is 30.0 Å². The van der Waals surface area contributed by atoms with E-state index in [9.17, 15) is 23.1 Å². The number of hydrogen-bond donors (Lipinski definition) is 1. The Balaban J connectivity index is 2.10. The van der Waals surface area contributed by atoms with Crippen molar-refractivity contribution < 1.29 is 27.8 Å². The van der Waals surface area contributed by atoms with Gasteiger partial charge in [0.05, 0.1) is 6.10 Å². The van der Waals surface area contributed by atoms with Gasteiger partial charge >= 0.3 is 6.36 Å². The van der Waals surface area contributed by atoms with Crippen LogP contribution in [0.15, 0.2) is 24.3 Å². The topological polar surface area (TPSA) is 49.8 Å². The molecule has 0 atom stereocenters. The van der Waals surface area contributed by atoms with Crippen LogP contribution in [0.5, 0.6) is 5.75 Å². The Morgan fingerprint density at radius 2 is 1.79 bits per heavy atom. The molecule has 1 fully saturated rings. The van der Waals surface area contributed by atoms with E-state index in [1.807, 2.05) is 6.92 Å². The van der Waals surface area contributed by atoms with Gasteiger partial charge in [0.1, 0.15) is 5.75 Å². The van der Waals surface area contributed by atoms with E-state index < -0.39 is 6.36 Å². The lowest BCUT2D eigenvalue weighted by Crippen LogP contribution is -2.39. The molecule has 7 heteroatoms. The summed E-state index contributed by atoms with van der Waals surface area (Å²) in [4.78, 5) is 14.4. The predicted octanol–water partition coefficient (Wildman–Crippen LogP) is 3.88. The number of aliphatic hydroxyl groups excluding tert-OH is 1. The highest BCUT2D eigenvalue weighted by atomic mass is 19.4. The molecule has 0 unspecified atom stereocenters. The Kier molecular flexibility index (Phi) is 6.10. The van der Waals surface area contributed by atoms with Gasteiger partial charge in [0.25, 0.3) is 0 Å². The molecule has 0 radical (unpaired) electrons.